The first-order valence-corrected chi connectivity index (χ1v) is 8.49. The zero-order valence-corrected chi connectivity index (χ0v) is 12.4. The predicted octanol–water partition coefficient (Wildman–Crippen LogP) is 2.94. The van der Waals surface area contributed by atoms with Crippen molar-refractivity contribution in [2.24, 2.45) is 5.92 Å². The maximum absolute atomic E-state index is 13.5. The molecule has 2 atom stereocenters. The minimum absolute atomic E-state index is 0.0227. The van der Waals surface area contributed by atoms with Gasteiger partial charge in [-0.25, -0.2) is 4.39 Å². The number of benzene rings is 1. The van der Waals surface area contributed by atoms with Crippen LogP contribution in [0.1, 0.15) is 36.8 Å². The predicted molar refractivity (Wildman–Crippen MR) is 77.5 cm³/mol. The summed E-state index contributed by atoms with van der Waals surface area (Å²) in [5, 5.41) is 0.440. The Morgan fingerprint density at radius 2 is 1.95 bits per heavy atom. The molecule has 2 fully saturated rings. The molecule has 108 valence electrons. The largest absolute Gasteiger partial charge is 0.299 e. The smallest absolute Gasteiger partial charge is 0.140 e. The van der Waals surface area contributed by atoms with E-state index >= 15 is 0 Å². The maximum Gasteiger partial charge on any atom is 0.140 e. The summed E-state index contributed by atoms with van der Waals surface area (Å²) in [6, 6.07) is 5.01. The summed E-state index contributed by atoms with van der Waals surface area (Å²) in [6.45, 7) is 1.72. The van der Waals surface area contributed by atoms with Crippen LogP contribution in [0.3, 0.4) is 0 Å². The molecule has 3 rings (SSSR count). The van der Waals surface area contributed by atoms with Gasteiger partial charge in [-0.3, -0.25) is 9.00 Å². The van der Waals surface area contributed by atoms with Gasteiger partial charge >= 0.3 is 0 Å². The van der Waals surface area contributed by atoms with Crippen molar-refractivity contribution in [2.45, 2.75) is 49.5 Å². The molecule has 1 aromatic rings. The molecule has 2 unspecified atom stereocenters. The lowest BCUT2D eigenvalue weighted by Gasteiger charge is -2.26. The van der Waals surface area contributed by atoms with Crippen LogP contribution < -0.4 is 0 Å². The fourth-order valence-corrected chi connectivity index (χ4v) is 5.51. The molecule has 0 amide bonds. The van der Waals surface area contributed by atoms with Crippen LogP contribution in [0.5, 0.6) is 0 Å². The summed E-state index contributed by atoms with van der Waals surface area (Å²) < 4.78 is 25.5. The second-order valence-corrected chi connectivity index (χ2v) is 8.04. The van der Waals surface area contributed by atoms with Gasteiger partial charge in [-0.2, -0.15) is 0 Å². The molecule has 20 heavy (non-hydrogen) atoms. The molecule has 2 bridgehead atoms. The molecule has 2 saturated heterocycles. The zero-order valence-electron chi connectivity index (χ0n) is 11.6. The lowest BCUT2D eigenvalue weighted by atomic mass is 9.90. The fourth-order valence-electron chi connectivity index (χ4n) is 3.39. The monoisotopic (exact) mass is 294 g/mol. The van der Waals surface area contributed by atoms with Crippen molar-refractivity contribution >= 4 is 16.6 Å². The molecule has 2 aliphatic heterocycles. The van der Waals surface area contributed by atoms with Crippen LogP contribution in [0, 0.1) is 18.7 Å². The highest BCUT2D eigenvalue weighted by Crippen LogP contribution is 2.39. The van der Waals surface area contributed by atoms with Crippen LogP contribution in [0.25, 0.3) is 0 Å². The van der Waals surface area contributed by atoms with Crippen molar-refractivity contribution < 1.29 is 13.4 Å². The molecule has 4 heteroatoms. The Kier molecular flexibility index (Phi) is 3.76. The first-order chi connectivity index (χ1) is 9.54. The highest BCUT2D eigenvalue weighted by atomic mass is 32.2. The molecule has 0 aliphatic carbocycles. The number of rotatable bonds is 3. The van der Waals surface area contributed by atoms with Gasteiger partial charge in [0, 0.05) is 33.6 Å². The molecular weight excluding hydrogens is 275 g/mol. The first-order valence-electron chi connectivity index (χ1n) is 7.21. The number of halogens is 1. The van der Waals surface area contributed by atoms with Crippen LogP contribution in [-0.2, 0) is 22.0 Å². The summed E-state index contributed by atoms with van der Waals surface area (Å²) in [7, 11) is -0.721. The van der Waals surface area contributed by atoms with E-state index in [1.807, 2.05) is 6.07 Å². The van der Waals surface area contributed by atoms with E-state index in [9.17, 15) is 13.4 Å². The normalized spacial score (nSPS) is 32.3. The van der Waals surface area contributed by atoms with Gasteiger partial charge in [0.25, 0.3) is 0 Å². The molecule has 1 aromatic carbocycles. The standard InChI is InChI=1S/C16H19FO2S/c1-10-2-3-11(6-15(10)17)7-16(18)12-8-13-4-5-14(9-12)20(13)19/h2-3,6,12-14H,4-5,7-9H2,1H3. The number of hydrogen-bond acceptors (Lipinski definition) is 2. The first kappa shape index (κ1) is 13.9. The number of carbonyl (C=O) groups excluding carboxylic acids is 1. The van der Waals surface area contributed by atoms with E-state index in [1.165, 1.54) is 6.07 Å². The Morgan fingerprint density at radius 1 is 1.30 bits per heavy atom. The van der Waals surface area contributed by atoms with Gasteiger partial charge in [-0.1, -0.05) is 12.1 Å². The van der Waals surface area contributed by atoms with Gasteiger partial charge in [0.2, 0.25) is 0 Å². The van der Waals surface area contributed by atoms with Crippen LogP contribution in [-0.4, -0.2) is 20.5 Å². The van der Waals surface area contributed by atoms with Crippen LogP contribution in [0.4, 0.5) is 4.39 Å². The highest BCUT2D eigenvalue weighted by molar-refractivity contribution is 7.86. The second-order valence-electron chi connectivity index (χ2n) is 6.04. The molecule has 0 radical (unpaired) electrons. The number of aryl methyl sites for hydroxylation is 1. The van der Waals surface area contributed by atoms with E-state index in [0.29, 0.717) is 12.0 Å². The fraction of sp³-hybridized carbons (Fsp3) is 0.562. The topological polar surface area (TPSA) is 34.1 Å². The van der Waals surface area contributed by atoms with Crippen LogP contribution in [0.15, 0.2) is 18.2 Å². The van der Waals surface area contributed by atoms with E-state index in [-0.39, 0.29) is 28.0 Å². The van der Waals surface area contributed by atoms with Crippen molar-refractivity contribution in [3.05, 3.63) is 35.1 Å². The Bertz CT molecular complexity index is 554. The van der Waals surface area contributed by atoms with Crippen molar-refractivity contribution in [2.75, 3.05) is 0 Å². The Morgan fingerprint density at radius 3 is 2.55 bits per heavy atom. The SMILES string of the molecule is Cc1ccc(CC(=O)C2CC3CCC(C2)S3=O)cc1F. The summed E-state index contributed by atoms with van der Waals surface area (Å²) in [6.07, 6.45) is 3.82. The highest BCUT2D eigenvalue weighted by Gasteiger charge is 2.42. The summed E-state index contributed by atoms with van der Waals surface area (Å²) in [5.74, 6) is -0.0449. The van der Waals surface area contributed by atoms with Crippen LogP contribution in [0.2, 0.25) is 0 Å². The average molecular weight is 294 g/mol. The lowest BCUT2D eigenvalue weighted by molar-refractivity contribution is -0.122. The third kappa shape index (κ3) is 2.58. The van der Waals surface area contributed by atoms with E-state index in [2.05, 4.69) is 0 Å². The van der Waals surface area contributed by atoms with Crippen molar-refractivity contribution in [1.29, 1.82) is 0 Å². The number of fused-ring (bicyclic) bond motifs is 2. The van der Waals surface area contributed by atoms with E-state index in [1.54, 1.807) is 13.0 Å². The van der Waals surface area contributed by atoms with Gasteiger partial charge in [-0.15, -0.1) is 0 Å². The third-order valence-electron chi connectivity index (χ3n) is 4.63. The zero-order chi connectivity index (χ0) is 14.3. The molecule has 0 N–H and O–H groups in total. The van der Waals surface area contributed by atoms with E-state index in [4.69, 9.17) is 0 Å². The minimum Gasteiger partial charge on any atom is -0.299 e. The molecule has 0 aromatic heterocycles. The minimum atomic E-state index is -0.721. The van der Waals surface area contributed by atoms with Gasteiger partial charge in [0.15, 0.2) is 0 Å². The summed E-state index contributed by atoms with van der Waals surface area (Å²) in [4.78, 5) is 12.4. The van der Waals surface area contributed by atoms with Crippen LogP contribution >= 0.6 is 0 Å². The van der Waals surface area contributed by atoms with Gasteiger partial charge in [0.05, 0.1) is 0 Å². The lowest BCUT2D eigenvalue weighted by Crippen LogP contribution is -2.32. The van der Waals surface area contributed by atoms with Gasteiger partial charge in [-0.05, 0) is 49.8 Å². The third-order valence-corrected chi connectivity index (χ3v) is 6.80. The Hall–Kier alpha value is -1.03. The van der Waals surface area contributed by atoms with Gasteiger partial charge in [0.1, 0.15) is 11.6 Å². The molecule has 2 aliphatic rings. The molecule has 0 saturated carbocycles. The molecule has 2 heterocycles. The van der Waals surface area contributed by atoms with Crippen molar-refractivity contribution in [1.82, 2.24) is 0 Å². The molecule has 2 nitrogen and oxygen atoms in total. The summed E-state index contributed by atoms with van der Waals surface area (Å²) >= 11 is 0. The van der Waals surface area contributed by atoms with E-state index in [0.717, 1.165) is 31.2 Å². The number of ketones is 1. The molecular formula is C16H19FO2S. The summed E-state index contributed by atoms with van der Waals surface area (Å²) in [5.41, 5.74) is 1.35. The average Bonchev–Trinajstić information content (AvgIpc) is 2.65. The molecule has 0 spiro atoms. The number of carbonyl (C=O) groups is 1. The van der Waals surface area contributed by atoms with Crippen molar-refractivity contribution in [3.8, 4) is 0 Å². The van der Waals surface area contributed by atoms with Gasteiger partial charge < -0.3 is 0 Å². The number of Topliss-reactive ketones (excluding diaryl/α,β-unsaturated/α-hetero) is 1. The van der Waals surface area contributed by atoms with Crippen molar-refractivity contribution in [3.63, 3.8) is 0 Å². The second kappa shape index (κ2) is 5.40. The Labute approximate surface area is 121 Å². The number of hydrogen-bond donors (Lipinski definition) is 0. The Balaban J connectivity index is 1.68. The van der Waals surface area contributed by atoms with E-state index < -0.39 is 10.8 Å². The quantitative estimate of drug-likeness (QED) is 0.859. The maximum atomic E-state index is 13.5.